The van der Waals surface area contributed by atoms with Gasteiger partial charge >= 0.3 is 0 Å². The van der Waals surface area contributed by atoms with Gasteiger partial charge in [-0.05, 0) is 48.6 Å². The highest BCUT2D eigenvalue weighted by molar-refractivity contribution is 7.12. The number of nitrogens with zero attached hydrogens (tertiary/aromatic N) is 2. The maximum absolute atomic E-state index is 13.6. The Morgan fingerprint density at radius 2 is 1.89 bits per heavy atom. The molecule has 4 heterocycles. The zero-order valence-electron chi connectivity index (χ0n) is 19.3. The third-order valence-corrected chi connectivity index (χ3v) is 7.82. The standard InChI is InChI=1S/C25H28FN3O5S/c26-18-7-5-17(6-8-18)23(31)29-20(22(30)27-15-19-3-1-13-33-19)16-34-25(29)9-11-28(12-10-25)24(32)21-4-2-14-35-21/h2,4-8,14,19-20H,1,3,9-13,15-16H2,(H,27,30). The molecular formula is C25H28FN3O5S. The molecular weight excluding hydrogens is 473 g/mol. The lowest BCUT2D eigenvalue weighted by Crippen LogP contribution is -2.60. The number of thiophene rings is 1. The Morgan fingerprint density at radius 1 is 1.11 bits per heavy atom. The third kappa shape index (κ3) is 4.82. The molecule has 1 N–H and O–H groups in total. The Morgan fingerprint density at radius 3 is 2.54 bits per heavy atom. The van der Waals surface area contributed by atoms with Crippen molar-refractivity contribution in [3.05, 3.63) is 58.0 Å². The molecule has 3 fully saturated rings. The summed E-state index contributed by atoms with van der Waals surface area (Å²) in [4.78, 5) is 43.6. The smallest absolute Gasteiger partial charge is 0.263 e. The van der Waals surface area contributed by atoms with Gasteiger partial charge in [0.25, 0.3) is 11.8 Å². The van der Waals surface area contributed by atoms with Crippen molar-refractivity contribution in [2.45, 2.75) is 43.6 Å². The fraction of sp³-hybridized carbons (Fsp3) is 0.480. The first-order chi connectivity index (χ1) is 17.0. The van der Waals surface area contributed by atoms with E-state index in [0.717, 1.165) is 12.8 Å². The number of benzene rings is 1. The maximum Gasteiger partial charge on any atom is 0.263 e. The number of halogens is 1. The number of ether oxygens (including phenoxy) is 2. The lowest BCUT2D eigenvalue weighted by molar-refractivity contribution is -0.128. The molecule has 3 amide bonds. The Kier molecular flexibility index (Phi) is 6.86. The van der Waals surface area contributed by atoms with Crippen molar-refractivity contribution in [1.29, 1.82) is 0 Å². The monoisotopic (exact) mass is 501 g/mol. The van der Waals surface area contributed by atoms with Crippen LogP contribution in [-0.4, -0.2) is 78.2 Å². The van der Waals surface area contributed by atoms with Gasteiger partial charge in [-0.3, -0.25) is 19.3 Å². The van der Waals surface area contributed by atoms with E-state index in [1.54, 1.807) is 11.0 Å². The van der Waals surface area contributed by atoms with Gasteiger partial charge in [0.05, 0.1) is 17.6 Å². The summed E-state index contributed by atoms with van der Waals surface area (Å²) in [6, 6.07) is 8.10. The van der Waals surface area contributed by atoms with Gasteiger partial charge in [-0.2, -0.15) is 0 Å². The van der Waals surface area contributed by atoms with E-state index < -0.39 is 23.5 Å². The van der Waals surface area contributed by atoms with Gasteiger partial charge in [0, 0.05) is 44.6 Å². The molecule has 10 heteroatoms. The molecule has 1 spiro atoms. The zero-order chi connectivity index (χ0) is 24.4. The summed E-state index contributed by atoms with van der Waals surface area (Å²) in [5, 5.41) is 4.78. The first-order valence-corrected chi connectivity index (χ1v) is 12.8. The predicted molar refractivity (Wildman–Crippen MR) is 126 cm³/mol. The molecule has 35 heavy (non-hydrogen) atoms. The van der Waals surface area contributed by atoms with Crippen LogP contribution in [0.3, 0.4) is 0 Å². The third-order valence-electron chi connectivity index (χ3n) is 6.97. The van der Waals surface area contributed by atoms with Gasteiger partial charge in [-0.1, -0.05) is 6.07 Å². The minimum Gasteiger partial charge on any atom is -0.376 e. The average molecular weight is 502 g/mol. The highest BCUT2D eigenvalue weighted by Crippen LogP contribution is 2.39. The second kappa shape index (κ2) is 10.0. The van der Waals surface area contributed by atoms with E-state index in [1.165, 1.54) is 40.5 Å². The molecule has 0 radical (unpaired) electrons. The SMILES string of the molecule is O=C(NCC1CCCO1)C1COC2(CCN(C(=O)c3cccs3)CC2)N1C(=O)c1ccc(F)cc1. The van der Waals surface area contributed by atoms with Crippen LogP contribution in [0.25, 0.3) is 0 Å². The van der Waals surface area contributed by atoms with E-state index in [9.17, 15) is 18.8 Å². The topological polar surface area (TPSA) is 88.2 Å². The lowest BCUT2D eigenvalue weighted by atomic mass is 9.96. The van der Waals surface area contributed by atoms with E-state index in [2.05, 4.69) is 5.32 Å². The van der Waals surface area contributed by atoms with Crippen molar-refractivity contribution in [3.63, 3.8) is 0 Å². The molecule has 3 aliphatic rings. The van der Waals surface area contributed by atoms with Gasteiger partial charge in [-0.25, -0.2) is 4.39 Å². The molecule has 3 saturated heterocycles. The summed E-state index contributed by atoms with van der Waals surface area (Å²) in [5.74, 6) is -1.18. The summed E-state index contributed by atoms with van der Waals surface area (Å²) in [6.45, 7) is 1.92. The van der Waals surface area contributed by atoms with Crippen LogP contribution in [0.4, 0.5) is 4.39 Å². The van der Waals surface area contributed by atoms with Crippen LogP contribution in [-0.2, 0) is 14.3 Å². The van der Waals surface area contributed by atoms with E-state index >= 15 is 0 Å². The van der Waals surface area contributed by atoms with Gasteiger partial charge in [-0.15, -0.1) is 11.3 Å². The number of carbonyl (C=O) groups is 3. The predicted octanol–water partition coefficient (Wildman–Crippen LogP) is 2.66. The van der Waals surface area contributed by atoms with Crippen LogP contribution in [0.2, 0.25) is 0 Å². The minimum atomic E-state index is -1.01. The molecule has 1 aromatic carbocycles. The van der Waals surface area contributed by atoms with Crippen molar-refractivity contribution in [3.8, 4) is 0 Å². The minimum absolute atomic E-state index is 0.0250. The number of piperidine rings is 1. The molecule has 1 aromatic heterocycles. The van der Waals surface area contributed by atoms with E-state index in [4.69, 9.17) is 9.47 Å². The Hall–Kier alpha value is -2.82. The number of likely N-dealkylation sites (tertiary alicyclic amines) is 1. The van der Waals surface area contributed by atoms with E-state index in [0.29, 0.717) is 44.0 Å². The molecule has 2 atom stereocenters. The van der Waals surface area contributed by atoms with Crippen molar-refractivity contribution in [2.75, 3.05) is 32.8 Å². The summed E-state index contributed by atoms with van der Waals surface area (Å²) < 4.78 is 25.3. The second-order valence-corrected chi connectivity index (χ2v) is 10.1. The number of amides is 3. The Labute approximate surface area is 207 Å². The lowest BCUT2D eigenvalue weighted by Gasteiger charge is -2.44. The molecule has 2 aromatic rings. The van der Waals surface area contributed by atoms with Gasteiger partial charge in [0.1, 0.15) is 17.6 Å². The number of rotatable bonds is 5. The van der Waals surface area contributed by atoms with Crippen molar-refractivity contribution >= 4 is 29.1 Å². The van der Waals surface area contributed by atoms with E-state index in [-0.39, 0.29) is 30.1 Å². The molecule has 5 rings (SSSR count). The fourth-order valence-corrected chi connectivity index (χ4v) is 5.74. The zero-order valence-corrected chi connectivity index (χ0v) is 20.1. The molecule has 186 valence electrons. The number of hydrogen-bond acceptors (Lipinski definition) is 6. The van der Waals surface area contributed by atoms with Crippen LogP contribution in [0.5, 0.6) is 0 Å². The van der Waals surface area contributed by atoms with Crippen LogP contribution < -0.4 is 5.32 Å². The highest BCUT2D eigenvalue weighted by Gasteiger charge is 2.54. The normalized spacial score (nSPS) is 23.6. The van der Waals surface area contributed by atoms with E-state index in [1.807, 2.05) is 11.4 Å². The van der Waals surface area contributed by atoms with Crippen LogP contribution in [0.15, 0.2) is 41.8 Å². The fourth-order valence-electron chi connectivity index (χ4n) is 5.05. The Bertz CT molecular complexity index is 1060. The molecule has 2 unspecified atom stereocenters. The van der Waals surface area contributed by atoms with Crippen molar-refractivity contribution in [1.82, 2.24) is 15.1 Å². The first-order valence-electron chi connectivity index (χ1n) is 11.9. The van der Waals surface area contributed by atoms with Crippen LogP contribution >= 0.6 is 11.3 Å². The van der Waals surface area contributed by atoms with Gasteiger partial charge in [0.15, 0.2) is 0 Å². The molecule has 3 aliphatic heterocycles. The summed E-state index contributed by atoms with van der Waals surface area (Å²) in [6.07, 6.45) is 2.59. The number of hydrogen-bond donors (Lipinski definition) is 1. The quantitative estimate of drug-likeness (QED) is 0.681. The highest BCUT2D eigenvalue weighted by atomic mass is 32.1. The first kappa shape index (κ1) is 23.9. The summed E-state index contributed by atoms with van der Waals surface area (Å²) >= 11 is 1.39. The van der Waals surface area contributed by atoms with Crippen molar-refractivity contribution < 1.29 is 28.2 Å². The van der Waals surface area contributed by atoms with Gasteiger partial charge < -0.3 is 19.7 Å². The maximum atomic E-state index is 13.6. The molecule has 0 bridgehead atoms. The van der Waals surface area contributed by atoms with Crippen molar-refractivity contribution in [2.24, 2.45) is 0 Å². The summed E-state index contributed by atoms with van der Waals surface area (Å²) in [7, 11) is 0. The van der Waals surface area contributed by atoms with Crippen LogP contribution in [0.1, 0.15) is 45.7 Å². The number of carbonyl (C=O) groups excluding carboxylic acids is 3. The second-order valence-electron chi connectivity index (χ2n) is 9.10. The van der Waals surface area contributed by atoms with Crippen LogP contribution in [0, 0.1) is 5.82 Å². The van der Waals surface area contributed by atoms with Gasteiger partial charge in [0.2, 0.25) is 5.91 Å². The Balaban J connectivity index is 1.35. The molecule has 0 saturated carbocycles. The largest absolute Gasteiger partial charge is 0.376 e. The summed E-state index contributed by atoms with van der Waals surface area (Å²) in [5.41, 5.74) is -0.728. The molecule has 8 nitrogen and oxygen atoms in total. The average Bonchev–Trinajstić information content (AvgIpc) is 3.65. The number of nitrogens with one attached hydrogen (secondary N) is 1. The molecule has 0 aliphatic carbocycles.